The number of nitro benzene ring substituents is 1. The molecule has 1 aromatic rings. The minimum atomic E-state index is -1.24. The van der Waals surface area contributed by atoms with Crippen molar-refractivity contribution in [3.63, 3.8) is 0 Å². The van der Waals surface area contributed by atoms with E-state index in [9.17, 15) is 29.3 Å². The molecule has 1 aliphatic rings. The number of carbonyl (C=O) groups is 4. The molecule has 0 N–H and O–H groups in total. The SMILES string of the molecule is CC(=O)OCC1O[C@@H](SCc2ccc([N+](=O)[O-])cc2)C(OC(C)=O)[C@H](OC(C)=O)[C@H]1OC(C)=O. The van der Waals surface area contributed by atoms with Crippen molar-refractivity contribution < 1.29 is 47.8 Å². The predicted molar refractivity (Wildman–Crippen MR) is 116 cm³/mol. The van der Waals surface area contributed by atoms with E-state index in [1.165, 1.54) is 19.1 Å². The number of hydrogen-bond acceptors (Lipinski definition) is 12. The van der Waals surface area contributed by atoms with Gasteiger partial charge in [-0.1, -0.05) is 12.1 Å². The first-order valence-electron chi connectivity index (χ1n) is 10.1. The maximum atomic E-state index is 11.8. The standard InChI is InChI=1S/C21H25NO11S/c1-11(23)29-9-17-18(30-12(2)24)19(31-13(3)25)20(32-14(4)26)21(33-17)34-10-15-5-7-16(8-6-15)22(27)28/h5-8,17-21H,9-10H2,1-4H3/t17?,18-,19+,20?,21-/m0/s1. The van der Waals surface area contributed by atoms with Crippen LogP contribution in [0.4, 0.5) is 5.69 Å². The summed E-state index contributed by atoms with van der Waals surface area (Å²) in [7, 11) is 0. The highest BCUT2D eigenvalue weighted by Crippen LogP contribution is 2.35. The molecule has 1 aliphatic heterocycles. The molecule has 1 heterocycles. The molecule has 2 rings (SSSR count). The molecule has 0 spiro atoms. The van der Waals surface area contributed by atoms with Crippen LogP contribution in [0.3, 0.4) is 0 Å². The Morgan fingerprint density at radius 3 is 1.91 bits per heavy atom. The van der Waals surface area contributed by atoms with Crippen LogP contribution < -0.4 is 0 Å². The van der Waals surface area contributed by atoms with Crippen molar-refractivity contribution in [2.75, 3.05) is 6.61 Å². The number of ether oxygens (including phenoxy) is 5. The first kappa shape index (κ1) is 27.1. The lowest BCUT2D eigenvalue weighted by Crippen LogP contribution is -2.61. The number of esters is 4. The van der Waals surface area contributed by atoms with Crippen molar-refractivity contribution in [2.45, 2.75) is 63.3 Å². The van der Waals surface area contributed by atoms with Crippen molar-refractivity contribution in [2.24, 2.45) is 0 Å². The lowest BCUT2D eigenvalue weighted by Gasteiger charge is -2.44. The van der Waals surface area contributed by atoms with Crippen LogP contribution in [0.1, 0.15) is 33.3 Å². The molecule has 0 amide bonds. The normalized spacial score (nSPS) is 23.9. The van der Waals surface area contributed by atoms with Crippen LogP contribution in [0.2, 0.25) is 0 Å². The van der Waals surface area contributed by atoms with Crippen LogP contribution in [-0.4, -0.2) is 65.3 Å². The zero-order valence-electron chi connectivity index (χ0n) is 19.0. The fourth-order valence-electron chi connectivity index (χ4n) is 3.22. The van der Waals surface area contributed by atoms with Gasteiger partial charge in [-0.25, -0.2) is 0 Å². The van der Waals surface area contributed by atoms with Crippen LogP contribution >= 0.6 is 11.8 Å². The van der Waals surface area contributed by atoms with Crippen LogP contribution in [0, 0.1) is 10.1 Å². The van der Waals surface area contributed by atoms with E-state index in [1.54, 1.807) is 12.1 Å². The number of nitro groups is 1. The molecule has 5 atom stereocenters. The van der Waals surface area contributed by atoms with Gasteiger partial charge in [0, 0.05) is 45.6 Å². The van der Waals surface area contributed by atoms with E-state index in [-0.39, 0.29) is 18.0 Å². The highest BCUT2D eigenvalue weighted by Gasteiger charge is 2.52. The summed E-state index contributed by atoms with van der Waals surface area (Å²) in [5.41, 5.74) is -0.277. The van der Waals surface area contributed by atoms with E-state index < -0.39 is 58.7 Å². The molecule has 0 aromatic heterocycles. The number of rotatable bonds is 9. The summed E-state index contributed by atoms with van der Waals surface area (Å²) < 4.78 is 27.1. The second-order valence-corrected chi connectivity index (χ2v) is 8.39. The van der Waals surface area contributed by atoms with Crippen LogP contribution in [0.25, 0.3) is 0 Å². The third kappa shape index (κ3) is 7.99. The maximum Gasteiger partial charge on any atom is 0.303 e. The molecule has 1 fully saturated rings. The van der Waals surface area contributed by atoms with Gasteiger partial charge in [-0.15, -0.1) is 11.8 Å². The van der Waals surface area contributed by atoms with Crippen LogP contribution in [0.5, 0.6) is 0 Å². The van der Waals surface area contributed by atoms with Gasteiger partial charge in [0.2, 0.25) is 0 Å². The quantitative estimate of drug-likeness (QED) is 0.211. The van der Waals surface area contributed by atoms with Crippen molar-refractivity contribution in [3.8, 4) is 0 Å². The lowest BCUT2D eigenvalue weighted by atomic mass is 9.99. The summed E-state index contributed by atoms with van der Waals surface area (Å²) in [6.07, 6.45) is -4.66. The smallest absolute Gasteiger partial charge is 0.303 e. The monoisotopic (exact) mass is 499 g/mol. The van der Waals surface area contributed by atoms with E-state index >= 15 is 0 Å². The number of non-ortho nitro benzene ring substituents is 1. The molecule has 12 nitrogen and oxygen atoms in total. The van der Waals surface area contributed by atoms with E-state index in [4.69, 9.17) is 23.7 Å². The molecule has 1 saturated heterocycles. The second kappa shape index (κ2) is 12.3. The zero-order valence-corrected chi connectivity index (χ0v) is 19.8. The van der Waals surface area contributed by atoms with E-state index in [0.717, 1.165) is 32.5 Å². The van der Waals surface area contributed by atoms with Gasteiger partial charge in [0.15, 0.2) is 18.3 Å². The largest absolute Gasteiger partial charge is 0.463 e. The van der Waals surface area contributed by atoms with Gasteiger partial charge < -0.3 is 23.7 Å². The zero-order chi connectivity index (χ0) is 25.4. The summed E-state index contributed by atoms with van der Waals surface area (Å²) in [5, 5.41) is 10.9. The van der Waals surface area contributed by atoms with Gasteiger partial charge in [-0.3, -0.25) is 29.3 Å². The Balaban J connectivity index is 2.34. The minimum Gasteiger partial charge on any atom is -0.463 e. The van der Waals surface area contributed by atoms with E-state index in [0.29, 0.717) is 5.56 Å². The molecular formula is C21H25NO11S. The van der Waals surface area contributed by atoms with Crippen molar-refractivity contribution in [1.82, 2.24) is 0 Å². The molecule has 0 bridgehead atoms. The number of carbonyl (C=O) groups excluding carboxylic acids is 4. The van der Waals surface area contributed by atoms with E-state index in [1.807, 2.05) is 0 Å². The van der Waals surface area contributed by atoms with Gasteiger partial charge in [0.05, 0.1) is 4.92 Å². The Morgan fingerprint density at radius 2 is 1.41 bits per heavy atom. The predicted octanol–water partition coefficient (Wildman–Crippen LogP) is 1.91. The highest BCUT2D eigenvalue weighted by atomic mass is 32.2. The molecule has 0 radical (unpaired) electrons. The summed E-state index contributed by atoms with van der Waals surface area (Å²) in [6, 6.07) is 5.83. The third-order valence-corrected chi connectivity index (χ3v) is 5.72. The Morgan fingerprint density at radius 1 is 0.882 bits per heavy atom. The summed E-state index contributed by atoms with van der Waals surface area (Å²) in [5.74, 6) is -2.44. The average Bonchev–Trinajstić information content (AvgIpc) is 2.73. The fourth-order valence-corrected chi connectivity index (χ4v) is 4.39. The molecule has 2 unspecified atom stereocenters. The first-order valence-corrected chi connectivity index (χ1v) is 11.2. The third-order valence-electron chi connectivity index (χ3n) is 4.51. The van der Waals surface area contributed by atoms with Gasteiger partial charge in [-0.05, 0) is 5.56 Å². The Labute approximate surface area is 199 Å². The van der Waals surface area contributed by atoms with Crippen molar-refractivity contribution >= 4 is 41.3 Å². The van der Waals surface area contributed by atoms with Crippen molar-refractivity contribution in [1.29, 1.82) is 0 Å². The number of nitrogens with zero attached hydrogens (tertiary/aromatic N) is 1. The Hall–Kier alpha value is -3.19. The van der Waals surface area contributed by atoms with E-state index in [2.05, 4.69) is 0 Å². The van der Waals surface area contributed by atoms with Crippen LogP contribution in [-0.2, 0) is 48.6 Å². The van der Waals surface area contributed by atoms with Gasteiger partial charge in [0.25, 0.3) is 5.69 Å². The van der Waals surface area contributed by atoms with Gasteiger partial charge in [0.1, 0.15) is 18.1 Å². The molecular weight excluding hydrogens is 474 g/mol. The minimum absolute atomic E-state index is 0.0685. The average molecular weight is 499 g/mol. The van der Waals surface area contributed by atoms with Crippen molar-refractivity contribution in [3.05, 3.63) is 39.9 Å². The fraction of sp³-hybridized carbons (Fsp3) is 0.524. The molecule has 0 saturated carbocycles. The second-order valence-electron chi connectivity index (χ2n) is 7.30. The summed E-state index contributed by atoms with van der Waals surface area (Å²) in [4.78, 5) is 57.1. The first-order chi connectivity index (χ1) is 16.0. The highest BCUT2D eigenvalue weighted by molar-refractivity contribution is 7.99. The summed E-state index contributed by atoms with van der Waals surface area (Å²) in [6.45, 7) is 4.33. The van der Waals surface area contributed by atoms with Gasteiger partial charge >= 0.3 is 23.9 Å². The molecule has 186 valence electrons. The van der Waals surface area contributed by atoms with Gasteiger partial charge in [-0.2, -0.15) is 0 Å². The molecule has 13 heteroatoms. The Bertz CT molecular complexity index is 920. The van der Waals surface area contributed by atoms with Crippen LogP contribution in [0.15, 0.2) is 24.3 Å². The number of benzene rings is 1. The molecule has 34 heavy (non-hydrogen) atoms. The Kier molecular flexibility index (Phi) is 9.81. The number of thioether (sulfide) groups is 1. The topological polar surface area (TPSA) is 158 Å². The maximum absolute atomic E-state index is 11.8. The lowest BCUT2D eigenvalue weighted by molar-refractivity contribution is -0.384. The number of hydrogen-bond donors (Lipinski definition) is 0. The molecule has 0 aliphatic carbocycles. The summed E-state index contributed by atoms with van der Waals surface area (Å²) >= 11 is 1.16. The molecule has 1 aromatic carbocycles.